The highest BCUT2D eigenvalue weighted by Crippen LogP contribution is 2.24. The van der Waals surface area contributed by atoms with Crippen LogP contribution in [0.3, 0.4) is 0 Å². The van der Waals surface area contributed by atoms with Gasteiger partial charge in [0.1, 0.15) is 0 Å². The maximum absolute atomic E-state index is 12.6. The summed E-state index contributed by atoms with van der Waals surface area (Å²) in [6, 6.07) is 5.84. The topological polar surface area (TPSA) is 56.3 Å². The van der Waals surface area contributed by atoms with Gasteiger partial charge in [-0.05, 0) is 49.9 Å². The van der Waals surface area contributed by atoms with Crippen LogP contribution in [-0.2, 0) is 0 Å². The van der Waals surface area contributed by atoms with Crippen LogP contribution in [0.25, 0.3) is 10.9 Å². The molecule has 2 heterocycles. The minimum atomic E-state index is -0.286. The van der Waals surface area contributed by atoms with Crippen molar-refractivity contribution in [2.24, 2.45) is 5.92 Å². The van der Waals surface area contributed by atoms with E-state index >= 15 is 0 Å². The Morgan fingerprint density at radius 3 is 2.86 bits per heavy atom. The number of fused-ring (bicyclic) bond motifs is 1. The van der Waals surface area contributed by atoms with Crippen molar-refractivity contribution in [2.75, 3.05) is 13.1 Å². The molecule has 1 aromatic heterocycles. The molecule has 1 aliphatic rings. The third-order valence-electron chi connectivity index (χ3n) is 4.70. The fraction of sp³-hybridized carbons (Fsp3) is 0.471. The standard InChI is InChI=1S/C17H22N2O2/c1-10-9-19(7-6-16(10)20)17(21)13-4-5-15-14(8-13)11(2)12(3)18-15/h4-5,8,10,16,18,20H,6-7,9H2,1-3H3. The molecule has 3 rings (SSSR count). The summed E-state index contributed by atoms with van der Waals surface area (Å²) in [4.78, 5) is 17.8. The molecule has 1 aromatic carbocycles. The Morgan fingerprint density at radius 1 is 1.38 bits per heavy atom. The van der Waals surface area contributed by atoms with Crippen LogP contribution in [0.15, 0.2) is 18.2 Å². The smallest absolute Gasteiger partial charge is 0.253 e. The van der Waals surface area contributed by atoms with Crippen molar-refractivity contribution in [3.05, 3.63) is 35.0 Å². The summed E-state index contributed by atoms with van der Waals surface area (Å²) in [5, 5.41) is 10.9. The molecule has 2 N–H and O–H groups in total. The fourth-order valence-electron chi connectivity index (χ4n) is 3.09. The molecule has 4 heteroatoms. The summed E-state index contributed by atoms with van der Waals surface area (Å²) in [5.41, 5.74) is 4.14. The van der Waals surface area contributed by atoms with E-state index < -0.39 is 0 Å². The molecule has 0 radical (unpaired) electrons. The maximum atomic E-state index is 12.6. The van der Waals surface area contributed by atoms with Crippen LogP contribution in [0.2, 0.25) is 0 Å². The fourth-order valence-corrected chi connectivity index (χ4v) is 3.09. The lowest BCUT2D eigenvalue weighted by Gasteiger charge is -2.34. The number of rotatable bonds is 1. The minimum absolute atomic E-state index is 0.0638. The molecule has 2 unspecified atom stereocenters. The normalized spacial score (nSPS) is 22.8. The number of aliphatic hydroxyl groups excluding tert-OH is 1. The van der Waals surface area contributed by atoms with Crippen molar-refractivity contribution in [1.82, 2.24) is 9.88 Å². The largest absolute Gasteiger partial charge is 0.393 e. The van der Waals surface area contributed by atoms with Gasteiger partial charge >= 0.3 is 0 Å². The van der Waals surface area contributed by atoms with Gasteiger partial charge in [-0.3, -0.25) is 4.79 Å². The third kappa shape index (κ3) is 2.44. The zero-order chi connectivity index (χ0) is 15.1. The SMILES string of the molecule is Cc1[nH]c2ccc(C(=O)N3CCC(O)C(C)C3)cc2c1C. The summed E-state index contributed by atoms with van der Waals surface area (Å²) in [6.07, 6.45) is 0.378. The Balaban J connectivity index is 1.89. The van der Waals surface area contributed by atoms with E-state index in [0.29, 0.717) is 19.5 Å². The van der Waals surface area contributed by atoms with Gasteiger partial charge in [0.2, 0.25) is 0 Å². The van der Waals surface area contributed by atoms with Crippen LogP contribution in [-0.4, -0.2) is 40.1 Å². The molecule has 1 amide bonds. The van der Waals surface area contributed by atoms with E-state index in [9.17, 15) is 9.90 Å². The molecule has 2 atom stereocenters. The van der Waals surface area contributed by atoms with Gasteiger partial charge in [-0.15, -0.1) is 0 Å². The number of aryl methyl sites for hydroxylation is 2. The van der Waals surface area contributed by atoms with Crippen molar-refractivity contribution >= 4 is 16.8 Å². The van der Waals surface area contributed by atoms with Crippen LogP contribution in [0.4, 0.5) is 0 Å². The van der Waals surface area contributed by atoms with Crippen molar-refractivity contribution in [3.8, 4) is 0 Å². The number of H-pyrrole nitrogens is 1. The van der Waals surface area contributed by atoms with Crippen LogP contribution in [0.1, 0.15) is 35.0 Å². The molecule has 21 heavy (non-hydrogen) atoms. The van der Waals surface area contributed by atoms with E-state index in [0.717, 1.165) is 22.2 Å². The summed E-state index contributed by atoms with van der Waals surface area (Å²) < 4.78 is 0. The molecule has 1 saturated heterocycles. The second kappa shape index (κ2) is 5.19. The Kier molecular flexibility index (Phi) is 3.49. The van der Waals surface area contributed by atoms with Gasteiger partial charge in [0.25, 0.3) is 5.91 Å². The van der Waals surface area contributed by atoms with E-state index in [2.05, 4.69) is 11.9 Å². The first-order chi connectivity index (χ1) is 9.97. The first kappa shape index (κ1) is 14.1. The Bertz CT molecular complexity index is 689. The third-order valence-corrected chi connectivity index (χ3v) is 4.70. The first-order valence-corrected chi connectivity index (χ1v) is 7.53. The lowest BCUT2D eigenvalue weighted by Crippen LogP contribution is -2.44. The molecular formula is C17H22N2O2. The lowest BCUT2D eigenvalue weighted by atomic mass is 9.96. The summed E-state index contributed by atoms with van der Waals surface area (Å²) in [6.45, 7) is 7.37. The van der Waals surface area contributed by atoms with Gasteiger partial charge in [0.05, 0.1) is 6.10 Å². The van der Waals surface area contributed by atoms with Crippen LogP contribution >= 0.6 is 0 Å². The molecule has 0 saturated carbocycles. The number of carbonyl (C=O) groups is 1. The quantitative estimate of drug-likeness (QED) is 0.846. The summed E-state index contributed by atoms with van der Waals surface area (Å²) in [7, 11) is 0. The Morgan fingerprint density at radius 2 is 2.14 bits per heavy atom. The highest BCUT2D eigenvalue weighted by Gasteiger charge is 2.27. The molecule has 2 aromatic rings. The number of aromatic amines is 1. The number of amides is 1. The van der Waals surface area contributed by atoms with E-state index in [1.165, 1.54) is 5.56 Å². The second-order valence-electron chi connectivity index (χ2n) is 6.22. The molecule has 1 fully saturated rings. The number of aromatic nitrogens is 1. The second-order valence-corrected chi connectivity index (χ2v) is 6.22. The highest BCUT2D eigenvalue weighted by molar-refractivity contribution is 5.99. The van der Waals surface area contributed by atoms with Gasteiger partial charge in [-0.2, -0.15) is 0 Å². The van der Waals surface area contributed by atoms with Crippen molar-refractivity contribution in [2.45, 2.75) is 33.3 Å². The minimum Gasteiger partial charge on any atom is -0.393 e. The van der Waals surface area contributed by atoms with Gasteiger partial charge in [-0.1, -0.05) is 6.92 Å². The monoisotopic (exact) mass is 286 g/mol. The molecule has 0 aliphatic carbocycles. The van der Waals surface area contributed by atoms with Crippen LogP contribution < -0.4 is 0 Å². The molecule has 4 nitrogen and oxygen atoms in total. The zero-order valence-electron chi connectivity index (χ0n) is 12.8. The number of hydrogen-bond acceptors (Lipinski definition) is 2. The average Bonchev–Trinajstić information content (AvgIpc) is 2.76. The van der Waals surface area contributed by atoms with Crippen LogP contribution in [0.5, 0.6) is 0 Å². The number of piperidine rings is 1. The number of carbonyl (C=O) groups excluding carboxylic acids is 1. The number of aliphatic hydroxyl groups is 1. The molecule has 0 spiro atoms. The van der Waals surface area contributed by atoms with Gasteiger partial charge < -0.3 is 15.0 Å². The van der Waals surface area contributed by atoms with Gasteiger partial charge in [0, 0.05) is 35.2 Å². The predicted molar refractivity (Wildman–Crippen MR) is 83.5 cm³/mol. The van der Waals surface area contributed by atoms with Crippen molar-refractivity contribution < 1.29 is 9.90 Å². The predicted octanol–water partition coefficient (Wildman–Crippen LogP) is 2.63. The number of hydrogen-bond donors (Lipinski definition) is 2. The lowest BCUT2D eigenvalue weighted by molar-refractivity contribution is 0.0297. The number of benzene rings is 1. The number of nitrogens with one attached hydrogen (secondary N) is 1. The van der Waals surface area contributed by atoms with E-state index in [1.807, 2.05) is 36.9 Å². The summed E-state index contributed by atoms with van der Waals surface area (Å²) in [5.74, 6) is 0.205. The number of nitrogens with zero attached hydrogens (tertiary/aromatic N) is 1. The average molecular weight is 286 g/mol. The van der Waals surface area contributed by atoms with Gasteiger partial charge in [-0.25, -0.2) is 0 Å². The van der Waals surface area contributed by atoms with Crippen molar-refractivity contribution in [3.63, 3.8) is 0 Å². The molecule has 112 valence electrons. The molecular weight excluding hydrogens is 264 g/mol. The van der Waals surface area contributed by atoms with E-state index in [1.54, 1.807) is 0 Å². The Hall–Kier alpha value is -1.81. The Labute approximate surface area is 124 Å². The number of likely N-dealkylation sites (tertiary alicyclic amines) is 1. The highest BCUT2D eigenvalue weighted by atomic mass is 16.3. The van der Waals surface area contributed by atoms with Crippen LogP contribution in [0, 0.1) is 19.8 Å². The van der Waals surface area contributed by atoms with E-state index in [4.69, 9.17) is 0 Å². The van der Waals surface area contributed by atoms with Crippen molar-refractivity contribution in [1.29, 1.82) is 0 Å². The van der Waals surface area contributed by atoms with E-state index in [-0.39, 0.29) is 17.9 Å². The van der Waals surface area contributed by atoms with Gasteiger partial charge in [0.15, 0.2) is 0 Å². The molecule has 0 bridgehead atoms. The summed E-state index contributed by atoms with van der Waals surface area (Å²) >= 11 is 0. The maximum Gasteiger partial charge on any atom is 0.253 e. The molecule has 1 aliphatic heterocycles. The first-order valence-electron chi connectivity index (χ1n) is 7.53. The zero-order valence-corrected chi connectivity index (χ0v) is 12.8.